The average molecular weight is 328 g/mol. The molecule has 2 aliphatic carbocycles. The maximum atomic E-state index is 9.62. The van der Waals surface area contributed by atoms with Crippen LogP contribution in [-0.4, -0.2) is 56.7 Å². The normalized spacial score (nSPS) is 27.8. The van der Waals surface area contributed by atoms with E-state index in [1.165, 1.54) is 19.3 Å². The van der Waals surface area contributed by atoms with Gasteiger partial charge in [0, 0.05) is 37.5 Å². The molecule has 3 heterocycles. The zero-order valence-corrected chi connectivity index (χ0v) is 13.8. The van der Waals surface area contributed by atoms with Crippen molar-refractivity contribution in [1.82, 2.24) is 25.1 Å². The first-order valence-corrected chi connectivity index (χ1v) is 9.16. The standard InChI is InChI=1S/C17H24N6O/c24-14-5-4-13(14)18-8-11-9-22(10-11)16-7-6-15-19-20-17(23(15)21-16)12-2-1-3-12/h6-7,11-14,18,24H,1-5,8-10H2. The first-order chi connectivity index (χ1) is 11.8. The van der Waals surface area contributed by atoms with Crippen molar-refractivity contribution in [1.29, 1.82) is 0 Å². The van der Waals surface area contributed by atoms with Gasteiger partial charge in [-0.15, -0.1) is 15.3 Å². The fourth-order valence-corrected chi connectivity index (χ4v) is 3.81. The maximum Gasteiger partial charge on any atom is 0.178 e. The lowest BCUT2D eigenvalue weighted by Crippen LogP contribution is -2.55. The van der Waals surface area contributed by atoms with E-state index in [1.54, 1.807) is 0 Å². The Morgan fingerprint density at radius 2 is 2.00 bits per heavy atom. The molecular formula is C17H24N6O. The third-order valence-corrected chi connectivity index (χ3v) is 5.93. The number of rotatable bonds is 5. The predicted octanol–water partition coefficient (Wildman–Crippen LogP) is 0.941. The van der Waals surface area contributed by atoms with E-state index < -0.39 is 0 Å². The van der Waals surface area contributed by atoms with Gasteiger partial charge in [0.05, 0.1) is 6.10 Å². The summed E-state index contributed by atoms with van der Waals surface area (Å²) in [5.41, 5.74) is 0.846. The van der Waals surface area contributed by atoms with Gasteiger partial charge in [-0.05, 0) is 37.8 Å². The second kappa shape index (κ2) is 5.67. The van der Waals surface area contributed by atoms with Gasteiger partial charge in [-0.1, -0.05) is 6.42 Å². The Hall–Kier alpha value is -1.73. The Labute approximate surface area is 141 Å². The Bertz CT molecular complexity index is 736. The number of nitrogens with one attached hydrogen (secondary N) is 1. The van der Waals surface area contributed by atoms with E-state index in [-0.39, 0.29) is 6.10 Å². The van der Waals surface area contributed by atoms with Crippen molar-refractivity contribution in [2.24, 2.45) is 5.92 Å². The minimum atomic E-state index is -0.135. The Morgan fingerprint density at radius 1 is 1.12 bits per heavy atom. The van der Waals surface area contributed by atoms with Crippen LogP contribution in [0, 0.1) is 5.92 Å². The van der Waals surface area contributed by atoms with Gasteiger partial charge in [0.15, 0.2) is 11.5 Å². The van der Waals surface area contributed by atoms with Crippen molar-refractivity contribution < 1.29 is 5.11 Å². The lowest BCUT2D eigenvalue weighted by molar-refractivity contribution is 0.0474. The molecule has 7 nitrogen and oxygen atoms in total. The van der Waals surface area contributed by atoms with E-state index in [4.69, 9.17) is 5.10 Å². The summed E-state index contributed by atoms with van der Waals surface area (Å²) < 4.78 is 1.94. The van der Waals surface area contributed by atoms with Gasteiger partial charge in [-0.2, -0.15) is 4.52 Å². The number of hydrogen-bond donors (Lipinski definition) is 2. The van der Waals surface area contributed by atoms with Crippen LogP contribution in [0.15, 0.2) is 12.1 Å². The summed E-state index contributed by atoms with van der Waals surface area (Å²) in [6.45, 7) is 3.03. The minimum Gasteiger partial charge on any atom is -0.392 e. The van der Waals surface area contributed by atoms with Crippen LogP contribution in [-0.2, 0) is 0 Å². The molecule has 0 aromatic carbocycles. The highest BCUT2D eigenvalue weighted by molar-refractivity contribution is 5.47. The SMILES string of the molecule is OC1CCC1NCC1CN(c2ccc3nnc(C4CCC4)n3n2)C1. The van der Waals surface area contributed by atoms with Crippen LogP contribution in [0.1, 0.15) is 43.8 Å². The van der Waals surface area contributed by atoms with E-state index in [0.29, 0.717) is 17.9 Å². The molecule has 0 radical (unpaired) electrons. The molecule has 7 heteroatoms. The van der Waals surface area contributed by atoms with E-state index in [9.17, 15) is 5.11 Å². The molecule has 2 aromatic heterocycles. The minimum absolute atomic E-state index is 0.135. The summed E-state index contributed by atoms with van der Waals surface area (Å²) in [6.07, 6.45) is 5.61. The summed E-state index contributed by atoms with van der Waals surface area (Å²) >= 11 is 0. The second-order valence-corrected chi connectivity index (χ2v) is 7.58. The van der Waals surface area contributed by atoms with Crippen LogP contribution in [0.2, 0.25) is 0 Å². The zero-order valence-electron chi connectivity index (χ0n) is 13.8. The van der Waals surface area contributed by atoms with Crippen LogP contribution >= 0.6 is 0 Å². The third kappa shape index (κ3) is 2.38. The first kappa shape index (κ1) is 14.6. The number of aliphatic hydroxyl groups is 1. The van der Waals surface area contributed by atoms with Crippen LogP contribution in [0.5, 0.6) is 0 Å². The predicted molar refractivity (Wildman–Crippen MR) is 90.1 cm³/mol. The Kier molecular flexibility index (Phi) is 3.45. The molecule has 24 heavy (non-hydrogen) atoms. The van der Waals surface area contributed by atoms with Gasteiger partial charge in [0.2, 0.25) is 0 Å². The number of aliphatic hydroxyl groups excluding tert-OH is 1. The van der Waals surface area contributed by atoms with E-state index in [2.05, 4.69) is 20.4 Å². The Morgan fingerprint density at radius 3 is 2.67 bits per heavy atom. The molecule has 3 aliphatic rings. The summed E-state index contributed by atoms with van der Waals surface area (Å²) in [4.78, 5) is 2.31. The molecular weight excluding hydrogens is 304 g/mol. The second-order valence-electron chi connectivity index (χ2n) is 7.58. The lowest BCUT2D eigenvalue weighted by atomic mass is 9.85. The molecule has 2 atom stereocenters. The van der Waals surface area contributed by atoms with Crippen LogP contribution in [0.4, 0.5) is 5.82 Å². The van der Waals surface area contributed by atoms with Crippen molar-refractivity contribution in [2.45, 2.75) is 50.2 Å². The molecule has 2 unspecified atom stereocenters. The molecule has 0 bridgehead atoms. The topological polar surface area (TPSA) is 78.6 Å². The quantitative estimate of drug-likeness (QED) is 0.850. The van der Waals surface area contributed by atoms with Crippen LogP contribution < -0.4 is 10.2 Å². The number of nitrogens with zero attached hydrogens (tertiary/aromatic N) is 5. The molecule has 0 amide bonds. The summed E-state index contributed by atoms with van der Waals surface area (Å²) in [7, 11) is 0. The first-order valence-electron chi connectivity index (χ1n) is 9.16. The van der Waals surface area contributed by atoms with Crippen LogP contribution in [0.3, 0.4) is 0 Å². The molecule has 2 saturated carbocycles. The lowest BCUT2D eigenvalue weighted by Gasteiger charge is -2.42. The van der Waals surface area contributed by atoms with Gasteiger partial charge in [0.1, 0.15) is 5.82 Å². The van der Waals surface area contributed by atoms with Crippen LogP contribution in [0.25, 0.3) is 5.65 Å². The highest BCUT2D eigenvalue weighted by Crippen LogP contribution is 2.35. The largest absolute Gasteiger partial charge is 0.392 e. The molecule has 0 spiro atoms. The molecule has 1 aliphatic heterocycles. The van der Waals surface area contributed by atoms with Crippen molar-refractivity contribution in [3.63, 3.8) is 0 Å². The molecule has 3 fully saturated rings. The van der Waals surface area contributed by atoms with Crippen molar-refractivity contribution in [3.05, 3.63) is 18.0 Å². The van der Waals surface area contributed by atoms with E-state index in [1.807, 2.05) is 16.6 Å². The average Bonchev–Trinajstić information content (AvgIpc) is 2.89. The highest BCUT2D eigenvalue weighted by atomic mass is 16.3. The fourth-order valence-electron chi connectivity index (χ4n) is 3.81. The summed E-state index contributed by atoms with van der Waals surface area (Å²) in [6, 6.07) is 4.39. The molecule has 5 rings (SSSR count). The Balaban J connectivity index is 1.23. The van der Waals surface area contributed by atoms with Gasteiger partial charge in [-0.3, -0.25) is 0 Å². The number of fused-ring (bicyclic) bond motifs is 1. The van der Waals surface area contributed by atoms with E-state index in [0.717, 1.165) is 49.8 Å². The number of anilines is 1. The number of hydrogen-bond acceptors (Lipinski definition) is 6. The summed E-state index contributed by atoms with van der Waals surface area (Å²) in [5, 5.41) is 26.5. The smallest absolute Gasteiger partial charge is 0.178 e. The molecule has 2 aromatic rings. The maximum absolute atomic E-state index is 9.62. The molecule has 128 valence electrons. The van der Waals surface area contributed by atoms with Gasteiger partial charge in [0.25, 0.3) is 0 Å². The highest BCUT2D eigenvalue weighted by Gasteiger charge is 2.33. The molecule has 1 saturated heterocycles. The van der Waals surface area contributed by atoms with Crippen molar-refractivity contribution in [3.8, 4) is 0 Å². The van der Waals surface area contributed by atoms with Gasteiger partial charge >= 0.3 is 0 Å². The monoisotopic (exact) mass is 328 g/mol. The van der Waals surface area contributed by atoms with Gasteiger partial charge in [-0.25, -0.2) is 0 Å². The van der Waals surface area contributed by atoms with E-state index >= 15 is 0 Å². The van der Waals surface area contributed by atoms with Gasteiger partial charge < -0.3 is 15.3 Å². The van der Waals surface area contributed by atoms with Crippen molar-refractivity contribution >= 4 is 11.5 Å². The summed E-state index contributed by atoms with van der Waals surface area (Å²) in [5.74, 6) is 3.21. The number of aromatic nitrogens is 4. The third-order valence-electron chi connectivity index (χ3n) is 5.93. The van der Waals surface area contributed by atoms with Crippen molar-refractivity contribution in [2.75, 3.05) is 24.5 Å². The zero-order chi connectivity index (χ0) is 16.1. The molecule has 2 N–H and O–H groups in total. The fraction of sp³-hybridized carbons (Fsp3) is 0.706.